The molecule has 118 valence electrons. The largest absolute Gasteiger partial charge is 0.384 e. The number of hydrogen-bond donors (Lipinski definition) is 2. The van der Waals surface area contributed by atoms with E-state index in [2.05, 4.69) is 39.3 Å². The third-order valence-corrected chi connectivity index (χ3v) is 4.47. The van der Waals surface area contributed by atoms with Crippen LogP contribution in [0.4, 0.5) is 11.6 Å². The fraction of sp³-hybridized carbons (Fsp3) is 0.562. The van der Waals surface area contributed by atoms with Crippen molar-refractivity contribution in [3.63, 3.8) is 0 Å². The van der Waals surface area contributed by atoms with Crippen molar-refractivity contribution in [3.05, 3.63) is 18.5 Å². The van der Waals surface area contributed by atoms with Gasteiger partial charge in [-0.05, 0) is 39.1 Å². The zero-order chi connectivity index (χ0) is 15.6. The molecule has 0 amide bonds. The Bertz CT molecular complexity index is 648. The predicted molar refractivity (Wildman–Crippen MR) is 89.7 cm³/mol. The number of hydrogen-bond acceptors (Lipinski definition) is 6. The maximum Gasteiger partial charge on any atom is 0.166 e. The smallest absolute Gasteiger partial charge is 0.166 e. The Balaban J connectivity index is 1.81. The average molecular weight is 300 g/mol. The van der Waals surface area contributed by atoms with E-state index in [9.17, 15) is 0 Å². The molecule has 0 radical (unpaired) electrons. The Morgan fingerprint density at radius 1 is 1.23 bits per heavy atom. The molecule has 1 fully saturated rings. The number of aromatic nitrogens is 3. The van der Waals surface area contributed by atoms with Crippen LogP contribution in [0.3, 0.4) is 0 Å². The number of rotatable bonds is 5. The molecule has 0 aromatic carbocycles. The minimum absolute atomic E-state index is 0.335. The summed E-state index contributed by atoms with van der Waals surface area (Å²) in [6.45, 7) is 2.04. The Hall–Kier alpha value is -1.95. The quantitative estimate of drug-likeness (QED) is 0.880. The number of anilines is 2. The van der Waals surface area contributed by atoms with Crippen molar-refractivity contribution in [3.8, 4) is 0 Å². The molecule has 6 nitrogen and oxygen atoms in total. The summed E-state index contributed by atoms with van der Waals surface area (Å²) < 4.78 is 0. The maximum absolute atomic E-state index is 5.73. The van der Waals surface area contributed by atoms with Crippen molar-refractivity contribution < 1.29 is 0 Å². The lowest BCUT2D eigenvalue weighted by atomic mass is 9.85. The Labute approximate surface area is 131 Å². The predicted octanol–water partition coefficient (Wildman–Crippen LogP) is 2.14. The third kappa shape index (κ3) is 3.11. The van der Waals surface area contributed by atoms with Crippen molar-refractivity contribution in [2.24, 2.45) is 5.41 Å². The maximum atomic E-state index is 5.73. The highest BCUT2D eigenvalue weighted by Crippen LogP contribution is 2.38. The highest BCUT2D eigenvalue weighted by molar-refractivity contribution is 5.87. The summed E-state index contributed by atoms with van der Waals surface area (Å²) in [6.07, 6.45) is 6.72. The van der Waals surface area contributed by atoms with E-state index in [4.69, 9.17) is 5.73 Å². The zero-order valence-corrected chi connectivity index (χ0v) is 13.3. The van der Waals surface area contributed by atoms with Crippen molar-refractivity contribution in [1.82, 2.24) is 19.9 Å². The fourth-order valence-electron chi connectivity index (χ4n) is 3.56. The molecule has 0 unspecified atom stereocenters. The molecule has 0 aliphatic heterocycles. The SMILES string of the molecule is CN(C)CC1(CNc2ncnc3nc(N)ccc23)CCCC1. The van der Waals surface area contributed by atoms with Crippen LogP contribution in [-0.4, -0.2) is 47.0 Å². The Kier molecular flexibility index (Phi) is 4.11. The van der Waals surface area contributed by atoms with Crippen LogP contribution in [0.5, 0.6) is 0 Å². The van der Waals surface area contributed by atoms with Crippen molar-refractivity contribution in [2.75, 3.05) is 38.2 Å². The third-order valence-electron chi connectivity index (χ3n) is 4.47. The van der Waals surface area contributed by atoms with E-state index in [0.29, 0.717) is 16.9 Å². The van der Waals surface area contributed by atoms with Crippen LogP contribution in [-0.2, 0) is 0 Å². The number of nitrogens with zero attached hydrogens (tertiary/aromatic N) is 4. The molecule has 6 heteroatoms. The minimum Gasteiger partial charge on any atom is -0.384 e. The lowest BCUT2D eigenvalue weighted by molar-refractivity contribution is 0.215. The van der Waals surface area contributed by atoms with Crippen molar-refractivity contribution in [1.29, 1.82) is 0 Å². The summed E-state index contributed by atoms with van der Waals surface area (Å²) in [5.41, 5.74) is 6.71. The van der Waals surface area contributed by atoms with E-state index < -0.39 is 0 Å². The second-order valence-corrected chi connectivity index (χ2v) is 6.63. The molecule has 1 aliphatic rings. The van der Waals surface area contributed by atoms with Gasteiger partial charge in [0.25, 0.3) is 0 Å². The molecule has 0 atom stereocenters. The lowest BCUT2D eigenvalue weighted by Gasteiger charge is -2.32. The van der Waals surface area contributed by atoms with Gasteiger partial charge < -0.3 is 16.0 Å². The average Bonchev–Trinajstić information content (AvgIpc) is 2.92. The van der Waals surface area contributed by atoms with Gasteiger partial charge in [0.05, 0.1) is 5.39 Å². The molecule has 1 saturated carbocycles. The molecule has 0 saturated heterocycles. The first kappa shape index (κ1) is 15.0. The standard InChI is InChI=1S/C16H24N6/c1-22(2)10-16(7-3-4-8-16)9-18-14-12-5-6-13(17)21-15(12)20-11-19-14/h5-6,11H,3-4,7-10H2,1-2H3,(H3,17,18,19,20,21). The summed E-state index contributed by atoms with van der Waals surface area (Å²) in [5.74, 6) is 1.33. The fourth-order valence-corrected chi connectivity index (χ4v) is 3.56. The van der Waals surface area contributed by atoms with Gasteiger partial charge in [-0.3, -0.25) is 0 Å². The van der Waals surface area contributed by atoms with Gasteiger partial charge in [-0.1, -0.05) is 12.8 Å². The van der Waals surface area contributed by atoms with Crippen molar-refractivity contribution >= 4 is 22.7 Å². The molecular weight excluding hydrogens is 276 g/mol. The van der Waals surface area contributed by atoms with Gasteiger partial charge in [0, 0.05) is 18.5 Å². The van der Waals surface area contributed by atoms with Gasteiger partial charge in [-0.25, -0.2) is 15.0 Å². The second kappa shape index (κ2) is 6.04. The van der Waals surface area contributed by atoms with E-state index in [1.165, 1.54) is 25.7 Å². The first-order valence-corrected chi connectivity index (χ1v) is 7.84. The number of pyridine rings is 1. The summed E-state index contributed by atoms with van der Waals surface area (Å²) >= 11 is 0. The monoisotopic (exact) mass is 300 g/mol. The van der Waals surface area contributed by atoms with E-state index in [1.807, 2.05) is 6.07 Å². The summed E-state index contributed by atoms with van der Waals surface area (Å²) in [6, 6.07) is 3.73. The van der Waals surface area contributed by atoms with Crippen molar-refractivity contribution in [2.45, 2.75) is 25.7 Å². The van der Waals surface area contributed by atoms with E-state index >= 15 is 0 Å². The molecule has 22 heavy (non-hydrogen) atoms. The van der Waals surface area contributed by atoms with Gasteiger partial charge in [-0.15, -0.1) is 0 Å². The normalized spacial score (nSPS) is 17.2. The van der Waals surface area contributed by atoms with Crippen LogP contribution in [0.15, 0.2) is 18.5 Å². The molecule has 2 heterocycles. The van der Waals surface area contributed by atoms with Crippen LogP contribution in [0.2, 0.25) is 0 Å². The van der Waals surface area contributed by atoms with E-state index in [0.717, 1.165) is 24.3 Å². The highest BCUT2D eigenvalue weighted by atomic mass is 15.1. The van der Waals surface area contributed by atoms with E-state index in [1.54, 1.807) is 12.4 Å². The lowest BCUT2D eigenvalue weighted by Crippen LogP contribution is -2.37. The van der Waals surface area contributed by atoms with Gasteiger partial charge in [0.2, 0.25) is 0 Å². The number of nitrogen functional groups attached to an aromatic ring is 1. The summed E-state index contributed by atoms with van der Waals surface area (Å²) in [5, 5.41) is 4.46. The molecule has 3 rings (SSSR count). The first-order chi connectivity index (χ1) is 10.6. The second-order valence-electron chi connectivity index (χ2n) is 6.63. The van der Waals surface area contributed by atoms with Gasteiger partial charge >= 0.3 is 0 Å². The zero-order valence-electron chi connectivity index (χ0n) is 13.3. The number of nitrogens with two attached hydrogens (primary N) is 1. The topological polar surface area (TPSA) is 80.0 Å². The molecule has 0 bridgehead atoms. The van der Waals surface area contributed by atoms with Gasteiger partial charge in [0.1, 0.15) is 18.0 Å². The van der Waals surface area contributed by atoms with Crippen LogP contribution in [0.1, 0.15) is 25.7 Å². The molecular formula is C16H24N6. The number of nitrogens with one attached hydrogen (secondary N) is 1. The molecule has 2 aromatic heterocycles. The molecule has 2 aromatic rings. The minimum atomic E-state index is 0.335. The molecule has 1 aliphatic carbocycles. The van der Waals surface area contributed by atoms with E-state index in [-0.39, 0.29) is 0 Å². The Morgan fingerprint density at radius 3 is 2.73 bits per heavy atom. The van der Waals surface area contributed by atoms with Crippen LogP contribution in [0.25, 0.3) is 11.0 Å². The van der Waals surface area contributed by atoms with Crippen LogP contribution >= 0.6 is 0 Å². The van der Waals surface area contributed by atoms with Gasteiger partial charge in [0.15, 0.2) is 5.65 Å². The van der Waals surface area contributed by atoms with Gasteiger partial charge in [-0.2, -0.15) is 0 Å². The van der Waals surface area contributed by atoms with Crippen LogP contribution < -0.4 is 11.1 Å². The highest BCUT2D eigenvalue weighted by Gasteiger charge is 2.34. The number of fused-ring (bicyclic) bond motifs is 1. The Morgan fingerprint density at radius 2 is 2.00 bits per heavy atom. The first-order valence-electron chi connectivity index (χ1n) is 7.84. The molecule has 0 spiro atoms. The summed E-state index contributed by atoms with van der Waals surface area (Å²) in [7, 11) is 4.29. The summed E-state index contributed by atoms with van der Waals surface area (Å²) in [4.78, 5) is 15.1. The van der Waals surface area contributed by atoms with Crippen LogP contribution in [0, 0.1) is 5.41 Å². The molecule has 3 N–H and O–H groups in total.